The number of hydrogen-bond acceptors (Lipinski definition) is 3. The number of aryl methyl sites for hydroxylation is 1. The number of rotatable bonds is 4. The van der Waals surface area contributed by atoms with E-state index >= 15 is 0 Å². The zero-order valence-corrected chi connectivity index (χ0v) is 10.1. The van der Waals surface area contributed by atoms with Gasteiger partial charge in [0, 0.05) is 6.04 Å². The molecule has 1 aromatic carbocycles. The highest BCUT2D eigenvalue weighted by Gasteiger charge is 2.32. The number of sulfonamides is 1. The first-order valence-electron chi connectivity index (χ1n) is 5.19. The lowest BCUT2D eigenvalue weighted by Crippen LogP contribution is -2.36. The van der Waals surface area contributed by atoms with E-state index in [-0.39, 0.29) is 12.1 Å². The second-order valence-electron chi connectivity index (χ2n) is 4.09. The van der Waals surface area contributed by atoms with E-state index in [0.29, 0.717) is 11.5 Å². The third-order valence-electron chi connectivity index (χ3n) is 2.59. The second kappa shape index (κ2) is 4.16. The Morgan fingerprint density at radius 2 is 1.94 bits per heavy atom. The Morgan fingerprint density at radius 3 is 2.44 bits per heavy atom. The molecule has 88 valence electrons. The molecular formula is C11H15NO3S. The number of benzene rings is 1. The molecule has 2 atom stereocenters. The lowest BCUT2D eigenvalue weighted by Gasteiger charge is -2.11. The highest BCUT2D eigenvalue weighted by molar-refractivity contribution is 7.89. The summed E-state index contributed by atoms with van der Waals surface area (Å²) in [7, 11) is -3.41. The fraction of sp³-hybridized carbons (Fsp3) is 0.455. The molecule has 1 fully saturated rings. The van der Waals surface area contributed by atoms with Crippen molar-refractivity contribution in [1.29, 1.82) is 0 Å². The van der Waals surface area contributed by atoms with E-state index in [1.807, 2.05) is 13.8 Å². The molecule has 0 saturated carbocycles. The molecule has 0 bridgehead atoms. The Balaban J connectivity index is 2.14. The second-order valence-corrected chi connectivity index (χ2v) is 5.81. The first-order chi connectivity index (χ1) is 7.49. The van der Waals surface area contributed by atoms with E-state index in [4.69, 9.17) is 4.74 Å². The molecule has 5 heteroatoms. The number of nitrogens with one attached hydrogen (secondary N) is 1. The van der Waals surface area contributed by atoms with E-state index in [1.165, 1.54) is 0 Å². The first-order valence-corrected chi connectivity index (χ1v) is 6.68. The van der Waals surface area contributed by atoms with Crippen molar-refractivity contribution in [1.82, 2.24) is 4.72 Å². The third-order valence-corrected chi connectivity index (χ3v) is 4.16. The van der Waals surface area contributed by atoms with Gasteiger partial charge in [-0.1, -0.05) is 17.7 Å². The summed E-state index contributed by atoms with van der Waals surface area (Å²) >= 11 is 0. The minimum Gasteiger partial charge on any atom is -0.371 e. The number of epoxide rings is 1. The van der Waals surface area contributed by atoms with Crippen LogP contribution in [0.5, 0.6) is 0 Å². The minimum absolute atomic E-state index is 0.0280. The SMILES string of the molecule is Cc1ccc(S(=O)(=O)N[C@@H](C)[C@H]2CO2)cc1. The van der Waals surface area contributed by atoms with Crippen LogP contribution < -0.4 is 4.72 Å². The van der Waals surface area contributed by atoms with E-state index in [9.17, 15) is 8.42 Å². The fourth-order valence-corrected chi connectivity index (χ4v) is 2.72. The first kappa shape index (κ1) is 11.6. The van der Waals surface area contributed by atoms with Crippen molar-refractivity contribution in [2.75, 3.05) is 6.61 Å². The van der Waals surface area contributed by atoms with Crippen LogP contribution in [0.25, 0.3) is 0 Å². The molecule has 1 N–H and O–H groups in total. The van der Waals surface area contributed by atoms with Crippen molar-refractivity contribution in [2.24, 2.45) is 0 Å². The minimum atomic E-state index is -3.41. The molecule has 0 aromatic heterocycles. The van der Waals surface area contributed by atoms with Crippen molar-refractivity contribution in [3.63, 3.8) is 0 Å². The average Bonchev–Trinajstić information content (AvgIpc) is 3.00. The maximum Gasteiger partial charge on any atom is 0.240 e. The summed E-state index contributed by atoms with van der Waals surface area (Å²) in [5.74, 6) is 0. The molecule has 0 radical (unpaired) electrons. The molecule has 2 rings (SSSR count). The normalized spacial score (nSPS) is 21.8. The summed E-state index contributed by atoms with van der Waals surface area (Å²) in [6, 6.07) is 6.61. The molecule has 16 heavy (non-hydrogen) atoms. The predicted molar refractivity (Wildman–Crippen MR) is 60.7 cm³/mol. The summed E-state index contributed by atoms with van der Waals surface area (Å²) in [5.41, 5.74) is 1.04. The summed E-state index contributed by atoms with van der Waals surface area (Å²) in [5, 5.41) is 0. The van der Waals surface area contributed by atoms with Crippen LogP contribution in [-0.4, -0.2) is 27.2 Å². The summed E-state index contributed by atoms with van der Waals surface area (Å²) in [6.45, 7) is 4.37. The standard InChI is InChI=1S/C11H15NO3S/c1-8-3-5-10(6-4-8)16(13,14)12-9(2)11-7-15-11/h3-6,9,11-12H,7H2,1-2H3/t9-,11+/m0/s1. The van der Waals surface area contributed by atoms with Gasteiger partial charge in [-0.15, -0.1) is 0 Å². The van der Waals surface area contributed by atoms with Crippen molar-refractivity contribution in [2.45, 2.75) is 30.9 Å². The Bertz CT molecular complexity index is 463. The lowest BCUT2D eigenvalue weighted by molar-refractivity contribution is 0.370. The van der Waals surface area contributed by atoms with Gasteiger partial charge in [0.2, 0.25) is 10.0 Å². The zero-order chi connectivity index (χ0) is 11.8. The van der Waals surface area contributed by atoms with Crippen LogP contribution >= 0.6 is 0 Å². The zero-order valence-electron chi connectivity index (χ0n) is 9.30. The predicted octanol–water partition coefficient (Wildman–Crippen LogP) is 1.06. The molecule has 0 spiro atoms. The van der Waals surface area contributed by atoms with Crippen molar-refractivity contribution < 1.29 is 13.2 Å². The van der Waals surface area contributed by atoms with Gasteiger partial charge in [0.25, 0.3) is 0 Å². The van der Waals surface area contributed by atoms with Gasteiger partial charge < -0.3 is 4.74 Å². The van der Waals surface area contributed by atoms with Crippen LogP contribution in [-0.2, 0) is 14.8 Å². The van der Waals surface area contributed by atoms with Crippen LogP contribution in [0.15, 0.2) is 29.2 Å². The molecule has 0 aliphatic carbocycles. The van der Waals surface area contributed by atoms with Crippen molar-refractivity contribution >= 4 is 10.0 Å². The van der Waals surface area contributed by atoms with Gasteiger partial charge >= 0.3 is 0 Å². The molecule has 1 aromatic rings. The monoisotopic (exact) mass is 241 g/mol. The van der Waals surface area contributed by atoms with Gasteiger partial charge in [-0.25, -0.2) is 13.1 Å². The van der Waals surface area contributed by atoms with E-state index in [0.717, 1.165) is 5.56 Å². The molecule has 1 aliphatic rings. The van der Waals surface area contributed by atoms with E-state index in [2.05, 4.69) is 4.72 Å². The smallest absolute Gasteiger partial charge is 0.240 e. The van der Waals surface area contributed by atoms with Crippen LogP contribution in [0.3, 0.4) is 0 Å². The highest BCUT2D eigenvalue weighted by atomic mass is 32.2. The van der Waals surface area contributed by atoms with Gasteiger partial charge in [-0.3, -0.25) is 0 Å². The Labute approximate surface area is 95.7 Å². The van der Waals surface area contributed by atoms with E-state index < -0.39 is 10.0 Å². The fourth-order valence-electron chi connectivity index (χ4n) is 1.45. The molecule has 0 unspecified atom stereocenters. The number of ether oxygens (including phenoxy) is 1. The average molecular weight is 241 g/mol. The lowest BCUT2D eigenvalue weighted by atomic mass is 10.2. The third kappa shape index (κ3) is 2.61. The molecule has 4 nitrogen and oxygen atoms in total. The summed E-state index contributed by atoms with van der Waals surface area (Å²) in [4.78, 5) is 0.297. The van der Waals surface area contributed by atoms with Crippen molar-refractivity contribution in [3.8, 4) is 0 Å². The van der Waals surface area contributed by atoms with E-state index in [1.54, 1.807) is 24.3 Å². The molecule has 0 amide bonds. The molecule has 1 heterocycles. The van der Waals surface area contributed by atoms with Crippen LogP contribution in [0, 0.1) is 6.92 Å². The molecular weight excluding hydrogens is 226 g/mol. The highest BCUT2D eigenvalue weighted by Crippen LogP contribution is 2.17. The summed E-state index contributed by atoms with van der Waals surface area (Å²) in [6.07, 6.45) is 0.0280. The maximum atomic E-state index is 11.9. The van der Waals surface area contributed by atoms with Gasteiger partial charge in [0.15, 0.2) is 0 Å². The topological polar surface area (TPSA) is 58.7 Å². The molecule has 1 aliphatic heterocycles. The van der Waals surface area contributed by atoms with Gasteiger partial charge in [0.1, 0.15) is 0 Å². The van der Waals surface area contributed by atoms with Crippen LogP contribution in [0.2, 0.25) is 0 Å². The van der Waals surface area contributed by atoms with Gasteiger partial charge in [-0.2, -0.15) is 0 Å². The van der Waals surface area contributed by atoms with Gasteiger partial charge in [-0.05, 0) is 26.0 Å². The maximum absolute atomic E-state index is 11.9. The van der Waals surface area contributed by atoms with Crippen molar-refractivity contribution in [3.05, 3.63) is 29.8 Å². The van der Waals surface area contributed by atoms with Gasteiger partial charge in [0.05, 0.1) is 17.6 Å². The largest absolute Gasteiger partial charge is 0.371 e. The Kier molecular flexibility index (Phi) is 3.01. The van der Waals surface area contributed by atoms with Crippen LogP contribution in [0.4, 0.5) is 0 Å². The summed E-state index contributed by atoms with van der Waals surface area (Å²) < 4.78 is 31.5. The quantitative estimate of drug-likeness (QED) is 0.802. The Hall–Kier alpha value is -0.910. The molecule has 1 saturated heterocycles. The Morgan fingerprint density at radius 1 is 1.38 bits per heavy atom. The number of hydrogen-bond donors (Lipinski definition) is 1. The van der Waals surface area contributed by atoms with Crippen LogP contribution in [0.1, 0.15) is 12.5 Å².